The van der Waals surface area contributed by atoms with Crippen molar-refractivity contribution >= 4 is 51.1 Å². The number of hydrogen-bond donors (Lipinski definition) is 0. The van der Waals surface area contributed by atoms with Gasteiger partial charge in [-0.05, 0) is 86.7 Å². The molecular weight excluding hydrogens is 695 g/mol. The standard InChI is InChI=1S/C49H31N3S2/c1-3-17-34(18-4-1)49(35-19-5-2-6-20-35)40-24-10-9-22-37(40)39-31-33(29-30-41(39)49)48-50-47(51-54-48)38-23-14-27-44-46(38)53-45-28-12-11-25-43(45)52(44)42-26-13-16-32-15-7-8-21-36(32)42/h1-31H. The van der Waals surface area contributed by atoms with Crippen LogP contribution in [0.1, 0.15) is 22.3 Å². The van der Waals surface area contributed by atoms with Crippen LogP contribution in [0.15, 0.2) is 198 Å². The Labute approximate surface area is 322 Å². The van der Waals surface area contributed by atoms with Crippen molar-refractivity contribution in [3.8, 4) is 33.1 Å². The Bertz CT molecular complexity index is 2840. The third-order valence-electron chi connectivity index (χ3n) is 10.9. The highest BCUT2D eigenvalue weighted by molar-refractivity contribution is 8.00. The summed E-state index contributed by atoms with van der Waals surface area (Å²) in [6.07, 6.45) is 0. The van der Waals surface area contributed by atoms with E-state index in [4.69, 9.17) is 9.36 Å². The van der Waals surface area contributed by atoms with Crippen LogP contribution >= 0.6 is 23.3 Å². The second-order valence-corrected chi connectivity index (χ2v) is 15.6. The van der Waals surface area contributed by atoms with Crippen LogP contribution in [-0.2, 0) is 5.41 Å². The molecule has 0 bridgehead atoms. The SMILES string of the molecule is c1ccc(C2(c3ccccc3)c3ccccc3-c3cc(-c4nc(-c5cccc6c5Sc5ccccc5N6c5cccc6ccccc56)ns4)ccc32)cc1. The molecule has 3 nitrogen and oxygen atoms in total. The first kappa shape index (κ1) is 31.3. The Morgan fingerprint density at radius 2 is 1.11 bits per heavy atom. The largest absolute Gasteiger partial charge is 0.308 e. The van der Waals surface area contributed by atoms with Crippen molar-refractivity contribution in [2.45, 2.75) is 15.2 Å². The molecule has 0 spiro atoms. The number of rotatable bonds is 5. The second kappa shape index (κ2) is 12.4. The predicted molar refractivity (Wildman–Crippen MR) is 224 cm³/mol. The van der Waals surface area contributed by atoms with Crippen molar-refractivity contribution < 1.29 is 0 Å². The van der Waals surface area contributed by atoms with Crippen LogP contribution in [0.3, 0.4) is 0 Å². The van der Waals surface area contributed by atoms with E-state index < -0.39 is 5.41 Å². The van der Waals surface area contributed by atoms with Gasteiger partial charge in [0.2, 0.25) is 0 Å². The highest BCUT2D eigenvalue weighted by Crippen LogP contribution is 2.57. The molecule has 0 saturated heterocycles. The first-order valence-electron chi connectivity index (χ1n) is 18.2. The van der Waals surface area contributed by atoms with Crippen molar-refractivity contribution in [3.05, 3.63) is 210 Å². The van der Waals surface area contributed by atoms with Crippen LogP contribution in [-0.4, -0.2) is 9.36 Å². The Balaban J connectivity index is 1.04. The van der Waals surface area contributed by atoms with Crippen molar-refractivity contribution in [1.82, 2.24) is 9.36 Å². The maximum Gasteiger partial charge on any atom is 0.174 e. The topological polar surface area (TPSA) is 29.0 Å². The summed E-state index contributed by atoms with van der Waals surface area (Å²) in [5.74, 6) is 0.750. The number of benzene rings is 8. The predicted octanol–water partition coefficient (Wildman–Crippen LogP) is 13.3. The van der Waals surface area contributed by atoms with Gasteiger partial charge in [-0.25, -0.2) is 4.98 Å². The number of hydrogen-bond acceptors (Lipinski definition) is 5. The van der Waals surface area contributed by atoms with E-state index in [0.29, 0.717) is 0 Å². The van der Waals surface area contributed by atoms with E-state index in [0.717, 1.165) is 38.2 Å². The molecule has 5 heteroatoms. The van der Waals surface area contributed by atoms with Gasteiger partial charge in [0.25, 0.3) is 0 Å². The Morgan fingerprint density at radius 3 is 1.96 bits per heavy atom. The summed E-state index contributed by atoms with van der Waals surface area (Å²) < 4.78 is 5.03. The first-order valence-corrected chi connectivity index (χ1v) is 19.8. The molecule has 0 saturated carbocycles. The minimum Gasteiger partial charge on any atom is -0.308 e. The van der Waals surface area contributed by atoms with Gasteiger partial charge >= 0.3 is 0 Å². The molecule has 0 amide bonds. The van der Waals surface area contributed by atoms with Crippen LogP contribution in [0.2, 0.25) is 0 Å². The lowest BCUT2D eigenvalue weighted by molar-refractivity contribution is 0.768. The number of anilines is 3. The van der Waals surface area contributed by atoms with Gasteiger partial charge in [0.15, 0.2) is 5.82 Å². The molecule has 0 fully saturated rings. The van der Waals surface area contributed by atoms with E-state index in [1.807, 2.05) is 0 Å². The van der Waals surface area contributed by atoms with E-state index in [2.05, 4.69) is 193 Å². The van der Waals surface area contributed by atoms with Crippen LogP contribution < -0.4 is 4.90 Å². The quantitative estimate of drug-likeness (QED) is 0.177. The lowest BCUT2D eigenvalue weighted by atomic mass is 9.68. The fourth-order valence-corrected chi connectivity index (χ4v) is 10.5. The van der Waals surface area contributed by atoms with Crippen LogP contribution in [0.25, 0.3) is 43.9 Å². The summed E-state index contributed by atoms with van der Waals surface area (Å²) in [5.41, 5.74) is 12.8. The van der Waals surface area contributed by atoms with E-state index in [9.17, 15) is 0 Å². The highest BCUT2D eigenvalue weighted by Gasteiger charge is 2.46. The summed E-state index contributed by atoms with van der Waals surface area (Å²) >= 11 is 3.27. The van der Waals surface area contributed by atoms with Crippen molar-refractivity contribution in [2.75, 3.05) is 4.90 Å². The molecule has 54 heavy (non-hydrogen) atoms. The second-order valence-electron chi connectivity index (χ2n) is 13.8. The van der Waals surface area contributed by atoms with Crippen molar-refractivity contribution in [1.29, 1.82) is 0 Å². The van der Waals surface area contributed by atoms with Crippen molar-refractivity contribution in [2.24, 2.45) is 0 Å². The highest BCUT2D eigenvalue weighted by atomic mass is 32.2. The molecule has 0 atom stereocenters. The number of fused-ring (bicyclic) bond motifs is 6. The zero-order chi connectivity index (χ0) is 35.6. The average molecular weight is 726 g/mol. The fraction of sp³-hybridized carbons (Fsp3) is 0.0204. The molecule has 0 radical (unpaired) electrons. The molecule has 1 aliphatic carbocycles. The van der Waals surface area contributed by atoms with Gasteiger partial charge in [-0.3, -0.25) is 0 Å². The molecule has 1 aliphatic heterocycles. The van der Waals surface area contributed by atoms with Crippen LogP contribution in [0, 0.1) is 0 Å². The summed E-state index contributed by atoms with van der Waals surface area (Å²) in [4.78, 5) is 10.0. The minimum absolute atomic E-state index is 0.425. The fourth-order valence-electron chi connectivity index (χ4n) is 8.65. The molecule has 0 unspecified atom stereocenters. The maximum absolute atomic E-state index is 5.27. The van der Waals surface area contributed by atoms with Gasteiger partial charge in [-0.15, -0.1) is 0 Å². The van der Waals surface area contributed by atoms with E-state index in [-0.39, 0.29) is 0 Å². The third-order valence-corrected chi connectivity index (χ3v) is 12.9. The summed E-state index contributed by atoms with van der Waals surface area (Å²) in [7, 11) is 0. The molecule has 2 aliphatic rings. The third kappa shape index (κ3) is 4.62. The van der Waals surface area contributed by atoms with E-state index >= 15 is 0 Å². The molecule has 2 heterocycles. The summed E-state index contributed by atoms with van der Waals surface area (Å²) in [5, 5.41) is 3.34. The van der Waals surface area contributed by atoms with Gasteiger partial charge in [0.1, 0.15) is 5.01 Å². The van der Waals surface area contributed by atoms with Gasteiger partial charge in [-0.2, -0.15) is 4.37 Å². The van der Waals surface area contributed by atoms with Crippen LogP contribution in [0.4, 0.5) is 17.1 Å². The molecule has 9 aromatic rings. The molecule has 8 aromatic carbocycles. The summed E-state index contributed by atoms with van der Waals surface area (Å²) in [6, 6.07) is 68.0. The maximum atomic E-state index is 5.27. The zero-order valence-electron chi connectivity index (χ0n) is 29.1. The Kier molecular flexibility index (Phi) is 7.19. The normalized spacial score (nSPS) is 13.6. The lowest BCUT2D eigenvalue weighted by Gasteiger charge is -2.34. The molecule has 0 N–H and O–H groups in total. The zero-order valence-corrected chi connectivity index (χ0v) is 30.7. The minimum atomic E-state index is -0.425. The monoisotopic (exact) mass is 725 g/mol. The van der Waals surface area contributed by atoms with Gasteiger partial charge in [0, 0.05) is 26.3 Å². The first-order chi connectivity index (χ1) is 26.8. The molecule has 254 valence electrons. The number of aromatic nitrogens is 2. The number of nitrogens with zero attached hydrogens (tertiary/aromatic N) is 3. The average Bonchev–Trinajstić information content (AvgIpc) is 3.85. The van der Waals surface area contributed by atoms with E-state index in [1.165, 1.54) is 66.3 Å². The Hall–Kier alpha value is -6.27. The Morgan fingerprint density at radius 1 is 0.481 bits per heavy atom. The lowest BCUT2D eigenvalue weighted by Crippen LogP contribution is -2.28. The molecular formula is C49H31N3S2. The number of para-hydroxylation sites is 1. The van der Waals surface area contributed by atoms with Crippen LogP contribution in [0.5, 0.6) is 0 Å². The van der Waals surface area contributed by atoms with E-state index in [1.54, 1.807) is 11.8 Å². The molecule has 11 rings (SSSR count). The molecule has 1 aromatic heterocycles. The van der Waals surface area contributed by atoms with Crippen molar-refractivity contribution in [3.63, 3.8) is 0 Å². The summed E-state index contributed by atoms with van der Waals surface area (Å²) in [6.45, 7) is 0. The smallest absolute Gasteiger partial charge is 0.174 e. The van der Waals surface area contributed by atoms with Gasteiger partial charge in [-0.1, -0.05) is 163 Å². The van der Waals surface area contributed by atoms with Gasteiger partial charge in [0.05, 0.1) is 22.5 Å². The van der Waals surface area contributed by atoms with Gasteiger partial charge < -0.3 is 4.90 Å².